The Kier molecular flexibility index (Phi) is 8.70. The van der Waals surface area contributed by atoms with Crippen molar-refractivity contribution in [3.05, 3.63) is 89.9 Å². The van der Waals surface area contributed by atoms with E-state index in [4.69, 9.17) is 9.15 Å². The largest absolute Gasteiger partial charge is 0.497 e. The van der Waals surface area contributed by atoms with Crippen LogP contribution in [0, 0.1) is 0 Å². The van der Waals surface area contributed by atoms with Crippen LogP contribution in [0.4, 0.5) is 0 Å². The molecule has 3 aromatic rings. The van der Waals surface area contributed by atoms with Gasteiger partial charge in [0.2, 0.25) is 5.91 Å². The molecule has 1 atom stereocenters. The highest BCUT2D eigenvalue weighted by atomic mass is 16.5. The fourth-order valence-corrected chi connectivity index (χ4v) is 3.58. The molecule has 1 aromatic heterocycles. The van der Waals surface area contributed by atoms with Crippen molar-refractivity contribution in [2.75, 3.05) is 20.2 Å². The predicted molar refractivity (Wildman–Crippen MR) is 128 cm³/mol. The number of amides is 2. The van der Waals surface area contributed by atoms with E-state index >= 15 is 0 Å². The topological polar surface area (TPSA) is 63.0 Å². The SMILES string of the molecule is CC[C@H](C)N(CC(=O)N(CCc1ccccc1)Cc1ccco1)C(=O)c1ccc(OC)cc1. The Morgan fingerprint density at radius 2 is 1.73 bits per heavy atom. The molecule has 33 heavy (non-hydrogen) atoms. The van der Waals surface area contributed by atoms with Crippen LogP contribution in [0.5, 0.6) is 5.75 Å². The third kappa shape index (κ3) is 6.72. The average molecular weight is 449 g/mol. The Bertz CT molecular complexity index is 1000. The Hall–Kier alpha value is -3.54. The minimum absolute atomic E-state index is 0.00929. The van der Waals surface area contributed by atoms with Crippen molar-refractivity contribution in [1.29, 1.82) is 0 Å². The van der Waals surface area contributed by atoms with Crippen LogP contribution in [-0.2, 0) is 17.8 Å². The van der Waals surface area contributed by atoms with Gasteiger partial charge in [0.25, 0.3) is 5.91 Å². The zero-order chi connectivity index (χ0) is 23.6. The maximum Gasteiger partial charge on any atom is 0.254 e. The van der Waals surface area contributed by atoms with E-state index in [1.807, 2.05) is 56.3 Å². The summed E-state index contributed by atoms with van der Waals surface area (Å²) in [5.41, 5.74) is 1.69. The van der Waals surface area contributed by atoms with Crippen LogP contribution in [0.1, 0.15) is 41.9 Å². The van der Waals surface area contributed by atoms with Gasteiger partial charge in [-0.25, -0.2) is 0 Å². The molecular weight excluding hydrogens is 416 g/mol. The molecule has 6 heteroatoms. The molecule has 174 valence electrons. The standard InChI is InChI=1S/C27H32N2O4/c1-4-21(2)29(27(31)23-12-14-24(32-3)15-13-23)20-26(30)28(19-25-11-8-18-33-25)17-16-22-9-6-5-7-10-22/h5-15,18,21H,4,16-17,19-20H2,1-3H3/t21-/m0/s1. The van der Waals surface area contributed by atoms with Crippen molar-refractivity contribution in [2.45, 2.75) is 39.3 Å². The number of rotatable bonds is 11. The van der Waals surface area contributed by atoms with Gasteiger partial charge in [-0.3, -0.25) is 9.59 Å². The molecule has 0 bridgehead atoms. The van der Waals surface area contributed by atoms with E-state index in [0.717, 1.165) is 18.4 Å². The predicted octanol–water partition coefficient (Wildman–Crippen LogP) is 4.80. The second kappa shape index (κ2) is 11.9. The summed E-state index contributed by atoms with van der Waals surface area (Å²) in [4.78, 5) is 30.1. The third-order valence-electron chi connectivity index (χ3n) is 5.82. The molecule has 3 rings (SSSR count). The fraction of sp³-hybridized carbons (Fsp3) is 0.333. The van der Waals surface area contributed by atoms with Gasteiger partial charge < -0.3 is 19.0 Å². The fourth-order valence-electron chi connectivity index (χ4n) is 3.58. The number of furan rings is 1. The molecule has 0 radical (unpaired) electrons. The zero-order valence-corrected chi connectivity index (χ0v) is 19.6. The van der Waals surface area contributed by atoms with Crippen molar-refractivity contribution in [2.24, 2.45) is 0 Å². The summed E-state index contributed by atoms with van der Waals surface area (Å²) < 4.78 is 10.7. The highest BCUT2D eigenvalue weighted by Crippen LogP contribution is 2.17. The molecule has 0 aliphatic heterocycles. The Morgan fingerprint density at radius 1 is 1.00 bits per heavy atom. The quantitative estimate of drug-likeness (QED) is 0.423. The molecule has 0 N–H and O–H groups in total. The van der Waals surface area contributed by atoms with Gasteiger partial charge >= 0.3 is 0 Å². The van der Waals surface area contributed by atoms with Crippen molar-refractivity contribution < 1.29 is 18.7 Å². The van der Waals surface area contributed by atoms with Crippen LogP contribution in [0.2, 0.25) is 0 Å². The maximum atomic E-state index is 13.4. The summed E-state index contributed by atoms with van der Waals surface area (Å²) in [6.45, 7) is 4.89. The van der Waals surface area contributed by atoms with Crippen molar-refractivity contribution in [3.63, 3.8) is 0 Å². The zero-order valence-electron chi connectivity index (χ0n) is 19.6. The summed E-state index contributed by atoms with van der Waals surface area (Å²) in [6.07, 6.45) is 3.08. The number of carbonyl (C=O) groups excluding carboxylic acids is 2. The lowest BCUT2D eigenvalue weighted by molar-refractivity contribution is -0.133. The smallest absolute Gasteiger partial charge is 0.254 e. The molecule has 6 nitrogen and oxygen atoms in total. The van der Waals surface area contributed by atoms with E-state index in [1.165, 1.54) is 0 Å². The van der Waals surface area contributed by atoms with Crippen LogP contribution in [0.3, 0.4) is 0 Å². The molecule has 0 aliphatic rings. The van der Waals surface area contributed by atoms with Gasteiger partial charge in [-0.1, -0.05) is 37.3 Å². The van der Waals surface area contributed by atoms with Crippen LogP contribution >= 0.6 is 0 Å². The van der Waals surface area contributed by atoms with Gasteiger partial charge in [-0.05, 0) is 61.7 Å². The summed E-state index contributed by atoms with van der Waals surface area (Å²) >= 11 is 0. The molecule has 0 aliphatic carbocycles. The lowest BCUT2D eigenvalue weighted by Gasteiger charge is -2.31. The van der Waals surface area contributed by atoms with Gasteiger partial charge in [0, 0.05) is 18.2 Å². The Balaban J connectivity index is 1.76. The van der Waals surface area contributed by atoms with Gasteiger partial charge in [0.15, 0.2) is 0 Å². The monoisotopic (exact) mass is 448 g/mol. The van der Waals surface area contributed by atoms with E-state index in [-0.39, 0.29) is 24.4 Å². The Labute approximate surface area is 195 Å². The summed E-state index contributed by atoms with van der Waals surface area (Å²) in [6, 6.07) is 20.6. The van der Waals surface area contributed by atoms with Crippen LogP contribution < -0.4 is 4.74 Å². The molecular formula is C27H32N2O4. The van der Waals surface area contributed by atoms with E-state index in [9.17, 15) is 9.59 Å². The first kappa shape index (κ1) is 24.1. The number of hydrogen-bond donors (Lipinski definition) is 0. The lowest BCUT2D eigenvalue weighted by atomic mass is 10.1. The Morgan fingerprint density at radius 3 is 2.33 bits per heavy atom. The number of carbonyl (C=O) groups is 2. The van der Waals surface area contributed by atoms with Crippen LogP contribution in [-0.4, -0.2) is 47.9 Å². The summed E-state index contributed by atoms with van der Waals surface area (Å²) in [5.74, 6) is 1.13. The van der Waals surface area contributed by atoms with Gasteiger partial charge in [0.1, 0.15) is 18.1 Å². The molecule has 2 amide bonds. The van der Waals surface area contributed by atoms with Gasteiger partial charge in [-0.15, -0.1) is 0 Å². The molecule has 0 unspecified atom stereocenters. The van der Waals surface area contributed by atoms with Crippen molar-refractivity contribution >= 4 is 11.8 Å². The van der Waals surface area contributed by atoms with Gasteiger partial charge in [0.05, 0.1) is 19.9 Å². The summed E-state index contributed by atoms with van der Waals surface area (Å²) in [7, 11) is 1.59. The molecule has 1 heterocycles. The molecule has 0 saturated carbocycles. The summed E-state index contributed by atoms with van der Waals surface area (Å²) in [5, 5.41) is 0. The minimum Gasteiger partial charge on any atom is -0.497 e. The highest BCUT2D eigenvalue weighted by molar-refractivity contribution is 5.96. The first-order chi connectivity index (χ1) is 16.0. The number of ether oxygens (including phenoxy) is 1. The van der Waals surface area contributed by atoms with E-state index in [1.54, 1.807) is 47.4 Å². The molecule has 0 saturated heterocycles. The van der Waals surface area contributed by atoms with E-state index < -0.39 is 0 Å². The average Bonchev–Trinajstić information content (AvgIpc) is 3.38. The van der Waals surface area contributed by atoms with Gasteiger partial charge in [-0.2, -0.15) is 0 Å². The number of nitrogens with zero attached hydrogens (tertiary/aromatic N) is 2. The lowest BCUT2D eigenvalue weighted by Crippen LogP contribution is -2.46. The minimum atomic E-state index is -0.165. The van der Waals surface area contributed by atoms with Crippen LogP contribution in [0.25, 0.3) is 0 Å². The second-order valence-electron chi connectivity index (χ2n) is 8.05. The molecule has 0 spiro atoms. The first-order valence-corrected chi connectivity index (χ1v) is 11.3. The molecule has 2 aromatic carbocycles. The normalized spacial score (nSPS) is 11.6. The van der Waals surface area contributed by atoms with Crippen molar-refractivity contribution in [1.82, 2.24) is 9.80 Å². The second-order valence-corrected chi connectivity index (χ2v) is 8.05. The number of benzene rings is 2. The highest BCUT2D eigenvalue weighted by Gasteiger charge is 2.26. The molecule has 0 fully saturated rings. The van der Waals surface area contributed by atoms with E-state index in [2.05, 4.69) is 0 Å². The third-order valence-corrected chi connectivity index (χ3v) is 5.82. The first-order valence-electron chi connectivity index (χ1n) is 11.3. The number of hydrogen-bond acceptors (Lipinski definition) is 4. The number of methoxy groups -OCH3 is 1. The van der Waals surface area contributed by atoms with Crippen LogP contribution in [0.15, 0.2) is 77.4 Å². The van der Waals surface area contributed by atoms with E-state index in [0.29, 0.717) is 30.2 Å². The van der Waals surface area contributed by atoms with Crippen molar-refractivity contribution in [3.8, 4) is 5.75 Å². The maximum absolute atomic E-state index is 13.4.